The van der Waals surface area contributed by atoms with Gasteiger partial charge in [0.1, 0.15) is 11.5 Å². The molecule has 1 N–H and O–H groups in total. The quantitative estimate of drug-likeness (QED) is 0.227. The summed E-state index contributed by atoms with van der Waals surface area (Å²) in [5.74, 6) is -2.70. The van der Waals surface area contributed by atoms with Gasteiger partial charge in [-0.05, 0) is 30.3 Å². The molecule has 5 rings (SSSR count). The van der Waals surface area contributed by atoms with E-state index >= 15 is 0 Å². The third kappa shape index (κ3) is 4.48. The molecule has 0 aliphatic carbocycles. The highest BCUT2D eigenvalue weighted by Gasteiger charge is 2.36. The second-order valence-corrected chi connectivity index (χ2v) is 7.82. The number of hydrogen-bond donors (Lipinski definition) is 1. The zero-order valence-electron chi connectivity index (χ0n) is 18.7. The molecule has 0 spiro atoms. The molecule has 7 nitrogen and oxygen atoms in total. The standard InChI is InChI=1S/C26H14F4N6O/c1-31-16-8-11-36-21(12-16)23(22(35-36)15-6-3-2-4-7-15)34-25(37)18-13-17(24-32-9-5-10-33-24)19(14-20(18)27)26(28,29)30/h2-14H,(H,34,37). The molecule has 0 radical (unpaired) electrons. The second kappa shape index (κ2) is 9.16. The molecule has 0 atom stereocenters. The van der Waals surface area contributed by atoms with E-state index in [0.29, 0.717) is 16.8 Å². The summed E-state index contributed by atoms with van der Waals surface area (Å²) in [6.45, 7) is 7.30. The van der Waals surface area contributed by atoms with Crippen LogP contribution in [0.3, 0.4) is 0 Å². The van der Waals surface area contributed by atoms with E-state index in [4.69, 9.17) is 6.57 Å². The predicted octanol–water partition coefficient (Wildman–Crippen LogP) is 6.42. The number of amides is 1. The van der Waals surface area contributed by atoms with E-state index in [-0.39, 0.29) is 23.3 Å². The Kier molecular flexibility index (Phi) is 5.85. The molecule has 3 heterocycles. The Morgan fingerprint density at radius 3 is 2.41 bits per heavy atom. The molecule has 0 saturated carbocycles. The van der Waals surface area contributed by atoms with Crippen LogP contribution in [0.2, 0.25) is 0 Å². The highest BCUT2D eigenvalue weighted by atomic mass is 19.4. The van der Waals surface area contributed by atoms with E-state index in [2.05, 4.69) is 25.2 Å². The highest BCUT2D eigenvalue weighted by Crippen LogP contribution is 2.38. The number of alkyl halides is 3. The Balaban J connectivity index is 1.65. The Bertz CT molecular complexity index is 1680. The Labute approximate surface area is 206 Å². The summed E-state index contributed by atoms with van der Waals surface area (Å²) in [5.41, 5.74) is -0.763. The van der Waals surface area contributed by atoms with Crippen molar-refractivity contribution in [2.24, 2.45) is 0 Å². The Hall–Kier alpha value is -5.11. The molecule has 0 unspecified atom stereocenters. The lowest BCUT2D eigenvalue weighted by Gasteiger charge is -2.15. The number of nitrogens with zero attached hydrogens (tertiary/aromatic N) is 5. The summed E-state index contributed by atoms with van der Waals surface area (Å²) < 4.78 is 57.4. The SMILES string of the molecule is [C-]#[N+]c1ccn2nc(-c3ccccc3)c(NC(=O)c3cc(-c4ncccn4)c(C(F)(F)F)cc3F)c2c1. The minimum atomic E-state index is -4.91. The maximum absolute atomic E-state index is 14.9. The van der Waals surface area contributed by atoms with Gasteiger partial charge in [-0.3, -0.25) is 4.79 Å². The van der Waals surface area contributed by atoms with E-state index in [0.717, 1.165) is 6.07 Å². The van der Waals surface area contributed by atoms with Crippen LogP contribution in [-0.4, -0.2) is 25.5 Å². The first kappa shape index (κ1) is 23.6. The van der Waals surface area contributed by atoms with Crippen molar-refractivity contribution >= 4 is 22.8 Å². The van der Waals surface area contributed by atoms with Gasteiger partial charge in [0.2, 0.25) is 0 Å². The van der Waals surface area contributed by atoms with Crippen LogP contribution in [0.5, 0.6) is 0 Å². The van der Waals surface area contributed by atoms with Crippen LogP contribution in [-0.2, 0) is 6.18 Å². The number of aromatic nitrogens is 4. The van der Waals surface area contributed by atoms with Crippen LogP contribution in [0.15, 0.2) is 79.3 Å². The van der Waals surface area contributed by atoms with Gasteiger partial charge in [0.15, 0.2) is 11.5 Å². The van der Waals surface area contributed by atoms with Crippen LogP contribution in [0.25, 0.3) is 33.0 Å². The van der Waals surface area contributed by atoms with E-state index < -0.39 is 34.6 Å². The van der Waals surface area contributed by atoms with E-state index in [1.54, 1.807) is 30.3 Å². The number of rotatable bonds is 4. The van der Waals surface area contributed by atoms with Crippen LogP contribution in [0.1, 0.15) is 15.9 Å². The Morgan fingerprint density at radius 1 is 1.00 bits per heavy atom. The molecule has 182 valence electrons. The maximum atomic E-state index is 14.9. The summed E-state index contributed by atoms with van der Waals surface area (Å²) in [4.78, 5) is 24.3. The number of benzene rings is 2. The van der Waals surface area contributed by atoms with E-state index in [1.165, 1.54) is 41.3 Å². The van der Waals surface area contributed by atoms with Crippen LogP contribution in [0.4, 0.5) is 28.9 Å². The van der Waals surface area contributed by atoms with Crippen molar-refractivity contribution in [1.82, 2.24) is 19.6 Å². The lowest BCUT2D eigenvalue weighted by atomic mass is 10.0. The number of halogens is 4. The monoisotopic (exact) mass is 502 g/mol. The molecule has 0 aliphatic heterocycles. The van der Waals surface area contributed by atoms with Gasteiger partial charge in [-0.2, -0.15) is 18.3 Å². The van der Waals surface area contributed by atoms with E-state index in [9.17, 15) is 22.4 Å². The zero-order chi connectivity index (χ0) is 26.2. The summed E-state index contributed by atoms with van der Waals surface area (Å²) in [7, 11) is 0. The lowest BCUT2D eigenvalue weighted by molar-refractivity contribution is -0.137. The van der Waals surface area contributed by atoms with Gasteiger partial charge in [-0.15, -0.1) is 0 Å². The largest absolute Gasteiger partial charge is 0.417 e. The average molecular weight is 502 g/mol. The fraction of sp³-hybridized carbons (Fsp3) is 0.0385. The molecule has 11 heteroatoms. The highest BCUT2D eigenvalue weighted by molar-refractivity contribution is 6.09. The number of hydrogen-bond acceptors (Lipinski definition) is 4. The first-order chi connectivity index (χ1) is 17.8. The van der Waals surface area contributed by atoms with E-state index in [1.807, 2.05) is 0 Å². The number of pyridine rings is 1. The maximum Gasteiger partial charge on any atom is 0.417 e. The summed E-state index contributed by atoms with van der Waals surface area (Å²) in [6, 6.07) is 14.3. The minimum absolute atomic E-state index is 0.165. The van der Waals surface area contributed by atoms with Crippen molar-refractivity contribution in [3.05, 3.63) is 108 Å². The van der Waals surface area contributed by atoms with Gasteiger partial charge in [0.05, 0.1) is 28.9 Å². The molecule has 3 aromatic heterocycles. The van der Waals surface area contributed by atoms with Crippen molar-refractivity contribution in [1.29, 1.82) is 0 Å². The first-order valence-electron chi connectivity index (χ1n) is 10.7. The Morgan fingerprint density at radius 2 is 1.73 bits per heavy atom. The van der Waals surface area contributed by atoms with Gasteiger partial charge >= 0.3 is 6.18 Å². The first-order valence-corrected chi connectivity index (χ1v) is 10.7. The molecular formula is C26H14F4N6O. The predicted molar refractivity (Wildman–Crippen MR) is 127 cm³/mol. The normalized spacial score (nSPS) is 11.3. The molecule has 0 bridgehead atoms. The number of anilines is 1. The fourth-order valence-corrected chi connectivity index (χ4v) is 3.81. The molecule has 2 aromatic carbocycles. The molecule has 0 aliphatic rings. The minimum Gasteiger partial charge on any atom is -0.318 e. The molecule has 0 saturated heterocycles. The van der Waals surface area contributed by atoms with Crippen molar-refractivity contribution in [3.63, 3.8) is 0 Å². The van der Waals surface area contributed by atoms with Crippen LogP contribution in [0, 0.1) is 12.4 Å². The number of carbonyl (C=O) groups excluding carboxylic acids is 1. The number of carbonyl (C=O) groups is 1. The van der Waals surface area contributed by atoms with Crippen molar-refractivity contribution in [3.8, 4) is 22.6 Å². The topological polar surface area (TPSA) is 76.5 Å². The molecular weight excluding hydrogens is 488 g/mol. The summed E-state index contributed by atoms with van der Waals surface area (Å²) in [5, 5.41) is 7.07. The van der Waals surface area contributed by atoms with Gasteiger partial charge in [-0.25, -0.2) is 23.7 Å². The smallest absolute Gasteiger partial charge is 0.318 e. The van der Waals surface area contributed by atoms with Crippen molar-refractivity contribution in [2.45, 2.75) is 6.18 Å². The second-order valence-electron chi connectivity index (χ2n) is 7.82. The van der Waals surface area contributed by atoms with Gasteiger partial charge in [-0.1, -0.05) is 30.3 Å². The number of fused-ring (bicyclic) bond motifs is 1. The fourth-order valence-electron chi connectivity index (χ4n) is 3.81. The third-order valence-electron chi connectivity index (χ3n) is 5.50. The van der Waals surface area contributed by atoms with Crippen molar-refractivity contribution < 1.29 is 22.4 Å². The zero-order valence-corrected chi connectivity index (χ0v) is 18.7. The summed E-state index contributed by atoms with van der Waals surface area (Å²) in [6.07, 6.45) is -0.894. The molecule has 37 heavy (non-hydrogen) atoms. The van der Waals surface area contributed by atoms with Crippen LogP contribution >= 0.6 is 0 Å². The lowest BCUT2D eigenvalue weighted by Crippen LogP contribution is -2.17. The molecule has 5 aromatic rings. The van der Waals surface area contributed by atoms with Crippen molar-refractivity contribution in [2.75, 3.05) is 5.32 Å². The number of nitrogens with one attached hydrogen (secondary N) is 1. The van der Waals surface area contributed by atoms with Gasteiger partial charge in [0.25, 0.3) is 5.91 Å². The third-order valence-corrected chi connectivity index (χ3v) is 5.50. The molecule has 0 fully saturated rings. The average Bonchev–Trinajstić information content (AvgIpc) is 3.26. The summed E-state index contributed by atoms with van der Waals surface area (Å²) >= 11 is 0. The van der Waals surface area contributed by atoms with Crippen LogP contribution < -0.4 is 5.32 Å². The van der Waals surface area contributed by atoms with Gasteiger partial charge in [0, 0.05) is 29.7 Å². The molecule has 1 amide bonds. The van der Waals surface area contributed by atoms with Gasteiger partial charge < -0.3 is 5.32 Å².